The molecule has 0 aliphatic carbocycles. The van der Waals surface area contributed by atoms with Gasteiger partial charge in [0, 0.05) is 37.9 Å². The molecule has 1 saturated heterocycles. The van der Waals surface area contributed by atoms with Crippen LogP contribution < -0.4 is 5.32 Å². The number of hydrogen-bond acceptors (Lipinski definition) is 4. The third-order valence-electron chi connectivity index (χ3n) is 5.93. The molecule has 1 fully saturated rings. The van der Waals surface area contributed by atoms with Crippen LogP contribution >= 0.6 is 0 Å². The van der Waals surface area contributed by atoms with Gasteiger partial charge in [-0.15, -0.1) is 0 Å². The molecule has 32 heavy (non-hydrogen) atoms. The van der Waals surface area contributed by atoms with Gasteiger partial charge in [-0.2, -0.15) is 5.10 Å². The second-order valence-corrected chi connectivity index (χ2v) is 10.2. The lowest BCUT2D eigenvalue weighted by molar-refractivity contribution is -0.126. The van der Waals surface area contributed by atoms with Gasteiger partial charge in [0.15, 0.2) is 0 Å². The van der Waals surface area contributed by atoms with Crippen LogP contribution in [-0.2, 0) is 27.9 Å². The molecule has 168 valence electrons. The third-order valence-corrected chi connectivity index (χ3v) is 7.24. The first-order valence-electron chi connectivity index (χ1n) is 10.8. The minimum absolute atomic E-state index is 0.0116. The molecule has 2 heterocycles. The molecule has 1 N–H and O–H groups in total. The Morgan fingerprint density at radius 2 is 1.78 bits per heavy atom. The molecular formula is C24H28N4O3S. The van der Waals surface area contributed by atoms with Crippen LogP contribution in [0.3, 0.4) is 0 Å². The first-order chi connectivity index (χ1) is 15.4. The lowest BCUT2D eigenvalue weighted by Gasteiger charge is -2.29. The molecule has 1 aromatic heterocycles. The molecule has 7 nitrogen and oxygen atoms in total. The lowest BCUT2D eigenvalue weighted by atomic mass is 9.96. The van der Waals surface area contributed by atoms with Crippen molar-refractivity contribution < 1.29 is 13.2 Å². The van der Waals surface area contributed by atoms with E-state index in [9.17, 15) is 13.2 Å². The van der Waals surface area contributed by atoms with Crippen LogP contribution in [0.4, 0.5) is 0 Å². The van der Waals surface area contributed by atoms with Crippen molar-refractivity contribution in [1.29, 1.82) is 0 Å². The summed E-state index contributed by atoms with van der Waals surface area (Å²) in [6, 6.07) is 18.4. The topological polar surface area (TPSA) is 84.3 Å². The number of hydrogen-bond donors (Lipinski definition) is 1. The van der Waals surface area contributed by atoms with Crippen molar-refractivity contribution in [1.82, 2.24) is 19.4 Å². The van der Waals surface area contributed by atoms with Crippen molar-refractivity contribution in [2.75, 3.05) is 19.3 Å². The number of amides is 1. The summed E-state index contributed by atoms with van der Waals surface area (Å²) in [5.41, 5.74) is 4.41. The Morgan fingerprint density at radius 1 is 1.06 bits per heavy atom. The lowest BCUT2D eigenvalue weighted by Crippen LogP contribution is -2.42. The summed E-state index contributed by atoms with van der Waals surface area (Å²) in [5, 5.41) is 7.30. The van der Waals surface area contributed by atoms with Gasteiger partial charge in [0.2, 0.25) is 15.9 Å². The second kappa shape index (κ2) is 9.67. The fraction of sp³-hybridized carbons (Fsp3) is 0.333. The largest absolute Gasteiger partial charge is 0.352 e. The fourth-order valence-electron chi connectivity index (χ4n) is 4.10. The van der Waals surface area contributed by atoms with Gasteiger partial charge in [-0.3, -0.25) is 9.48 Å². The molecule has 1 aliphatic rings. The average Bonchev–Trinajstić information content (AvgIpc) is 3.31. The molecule has 1 amide bonds. The van der Waals surface area contributed by atoms with Gasteiger partial charge < -0.3 is 5.32 Å². The smallest absolute Gasteiger partial charge is 0.223 e. The van der Waals surface area contributed by atoms with Crippen LogP contribution in [0.15, 0.2) is 67.0 Å². The molecule has 0 saturated carbocycles. The van der Waals surface area contributed by atoms with Crippen molar-refractivity contribution >= 4 is 15.9 Å². The minimum Gasteiger partial charge on any atom is -0.352 e. The highest BCUT2D eigenvalue weighted by molar-refractivity contribution is 7.88. The Balaban J connectivity index is 1.38. The second-order valence-electron chi connectivity index (χ2n) is 8.21. The summed E-state index contributed by atoms with van der Waals surface area (Å²) in [7, 11) is -3.19. The van der Waals surface area contributed by atoms with E-state index in [0.29, 0.717) is 32.5 Å². The summed E-state index contributed by atoms with van der Waals surface area (Å²) in [5.74, 6) is -0.163. The minimum atomic E-state index is -3.19. The van der Waals surface area contributed by atoms with Gasteiger partial charge in [0.1, 0.15) is 0 Å². The fourth-order valence-corrected chi connectivity index (χ4v) is 4.98. The molecule has 0 radical (unpaired) electrons. The Morgan fingerprint density at radius 3 is 2.44 bits per heavy atom. The van der Waals surface area contributed by atoms with E-state index >= 15 is 0 Å². The highest BCUT2D eigenvalue weighted by Crippen LogP contribution is 2.25. The van der Waals surface area contributed by atoms with Crippen molar-refractivity contribution in [2.45, 2.75) is 25.9 Å². The maximum Gasteiger partial charge on any atom is 0.223 e. The Labute approximate surface area is 189 Å². The number of sulfonamides is 1. The van der Waals surface area contributed by atoms with Crippen LogP contribution in [0.2, 0.25) is 0 Å². The number of piperidine rings is 1. The van der Waals surface area contributed by atoms with Crippen LogP contribution in [0.5, 0.6) is 0 Å². The molecule has 0 unspecified atom stereocenters. The number of benzene rings is 2. The summed E-state index contributed by atoms with van der Waals surface area (Å²) in [4.78, 5) is 12.7. The molecule has 4 rings (SSSR count). The van der Waals surface area contributed by atoms with E-state index in [1.54, 1.807) is 6.20 Å². The summed E-state index contributed by atoms with van der Waals surface area (Å²) in [6.45, 7) is 1.97. The number of carbonyl (C=O) groups excluding carboxylic acids is 1. The van der Waals surface area contributed by atoms with Gasteiger partial charge in [-0.05, 0) is 41.2 Å². The Bertz CT molecular complexity index is 1150. The summed E-state index contributed by atoms with van der Waals surface area (Å²) < 4.78 is 26.7. The number of nitrogens with zero attached hydrogens (tertiary/aromatic N) is 3. The molecule has 0 bridgehead atoms. The van der Waals surface area contributed by atoms with Crippen molar-refractivity contribution in [2.24, 2.45) is 5.92 Å². The highest BCUT2D eigenvalue weighted by atomic mass is 32.2. The van der Waals surface area contributed by atoms with E-state index in [1.165, 1.54) is 16.1 Å². The third kappa shape index (κ3) is 5.44. The zero-order chi connectivity index (χ0) is 22.6. The van der Waals surface area contributed by atoms with Crippen LogP contribution in [0, 0.1) is 5.92 Å². The van der Waals surface area contributed by atoms with E-state index in [0.717, 1.165) is 23.2 Å². The maximum absolute atomic E-state index is 12.7. The average molecular weight is 453 g/mol. The molecule has 1 aliphatic heterocycles. The highest BCUT2D eigenvalue weighted by Gasteiger charge is 2.28. The summed E-state index contributed by atoms with van der Waals surface area (Å²) >= 11 is 0. The standard InChI is InChI=1S/C24H28N4O3S/c1-32(30,31)28-15-11-21(12-16-28)24(29)25-17-22-5-2-3-6-23(22)20-9-7-19(8-10-20)18-27-14-4-13-26-27/h2-10,13-14,21H,11-12,15-18H2,1H3,(H,25,29). The first kappa shape index (κ1) is 22.2. The molecule has 0 spiro atoms. The van der Waals surface area contributed by atoms with Gasteiger partial charge in [-0.1, -0.05) is 48.5 Å². The van der Waals surface area contributed by atoms with Gasteiger partial charge in [-0.25, -0.2) is 12.7 Å². The predicted molar refractivity (Wildman–Crippen MR) is 124 cm³/mol. The normalized spacial score (nSPS) is 15.5. The number of carbonyl (C=O) groups is 1. The first-order valence-corrected chi connectivity index (χ1v) is 12.6. The molecule has 2 aromatic carbocycles. The molecular weight excluding hydrogens is 424 g/mol. The monoisotopic (exact) mass is 452 g/mol. The Hall–Kier alpha value is -2.97. The van der Waals surface area contributed by atoms with Crippen molar-refractivity contribution in [3.63, 3.8) is 0 Å². The number of aromatic nitrogens is 2. The maximum atomic E-state index is 12.7. The molecule has 3 aromatic rings. The zero-order valence-electron chi connectivity index (χ0n) is 18.1. The van der Waals surface area contributed by atoms with Gasteiger partial charge in [0.05, 0.1) is 12.8 Å². The van der Waals surface area contributed by atoms with E-state index in [2.05, 4.69) is 40.7 Å². The van der Waals surface area contributed by atoms with E-state index in [-0.39, 0.29) is 11.8 Å². The zero-order valence-corrected chi connectivity index (χ0v) is 19.0. The molecule has 8 heteroatoms. The quantitative estimate of drug-likeness (QED) is 0.597. The van der Waals surface area contributed by atoms with Crippen LogP contribution in [0.1, 0.15) is 24.0 Å². The van der Waals surface area contributed by atoms with Gasteiger partial charge >= 0.3 is 0 Å². The van der Waals surface area contributed by atoms with Gasteiger partial charge in [0.25, 0.3) is 0 Å². The van der Waals surface area contributed by atoms with E-state index in [4.69, 9.17) is 0 Å². The van der Waals surface area contributed by atoms with Crippen LogP contribution in [0.25, 0.3) is 11.1 Å². The molecule has 0 atom stereocenters. The number of rotatable bonds is 7. The number of nitrogens with one attached hydrogen (secondary N) is 1. The van der Waals surface area contributed by atoms with E-state index in [1.807, 2.05) is 35.1 Å². The SMILES string of the molecule is CS(=O)(=O)N1CCC(C(=O)NCc2ccccc2-c2ccc(Cn3cccn3)cc2)CC1. The van der Waals surface area contributed by atoms with Crippen molar-refractivity contribution in [3.05, 3.63) is 78.1 Å². The Kier molecular flexibility index (Phi) is 6.72. The van der Waals surface area contributed by atoms with Crippen LogP contribution in [-0.4, -0.2) is 47.8 Å². The predicted octanol–water partition coefficient (Wildman–Crippen LogP) is 2.89. The van der Waals surface area contributed by atoms with E-state index < -0.39 is 10.0 Å². The summed E-state index contributed by atoms with van der Waals surface area (Å²) in [6.07, 6.45) is 6.04. The van der Waals surface area contributed by atoms with Crippen molar-refractivity contribution in [3.8, 4) is 11.1 Å².